The molecular weight excluding hydrogens is 367 g/mol. The van der Waals surface area contributed by atoms with Crippen LogP contribution < -0.4 is 14.8 Å². The summed E-state index contributed by atoms with van der Waals surface area (Å²) >= 11 is 6.33. The van der Waals surface area contributed by atoms with E-state index in [-0.39, 0.29) is 16.5 Å². The van der Waals surface area contributed by atoms with E-state index in [4.69, 9.17) is 21.1 Å². The number of ether oxygens (including phenoxy) is 2. The molecular formula is C15H9ClF3NO3S. The standard InChI is InChI=1S/C15H9ClF3NO3S/c16-9-6-7-11-12(8-9)23-15(22-11,14(17,18)19)20-13(21)24-10-4-2-1-3-5-10/h1-8H,(H,20,21)/t15-/m1/s1. The maximum absolute atomic E-state index is 13.5. The molecule has 1 heterocycles. The number of hydrogen-bond donors (Lipinski definition) is 1. The van der Waals surface area contributed by atoms with Gasteiger partial charge in [0.05, 0.1) is 0 Å². The molecule has 0 radical (unpaired) electrons. The van der Waals surface area contributed by atoms with E-state index >= 15 is 0 Å². The highest BCUT2D eigenvalue weighted by atomic mass is 35.5. The number of carbonyl (C=O) groups is 1. The number of hydrogen-bond acceptors (Lipinski definition) is 4. The van der Waals surface area contributed by atoms with Crippen LogP contribution in [0.3, 0.4) is 0 Å². The Morgan fingerprint density at radius 3 is 2.42 bits per heavy atom. The smallest absolute Gasteiger partial charge is 0.424 e. The van der Waals surface area contributed by atoms with Gasteiger partial charge in [-0.05, 0) is 36.0 Å². The first-order valence-corrected chi connectivity index (χ1v) is 7.78. The molecule has 0 aromatic heterocycles. The van der Waals surface area contributed by atoms with Crippen LogP contribution in [0.25, 0.3) is 0 Å². The van der Waals surface area contributed by atoms with E-state index in [1.54, 1.807) is 35.6 Å². The van der Waals surface area contributed by atoms with Gasteiger partial charge in [-0.3, -0.25) is 10.1 Å². The van der Waals surface area contributed by atoms with Gasteiger partial charge in [0, 0.05) is 16.0 Å². The third-order valence-electron chi connectivity index (χ3n) is 3.01. The van der Waals surface area contributed by atoms with Gasteiger partial charge in [-0.1, -0.05) is 29.8 Å². The average molecular weight is 376 g/mol. The van der Waals surface area contributed by atoms with Crippen molar-refractivity contribution < 1.29 is 27.4 Å². The zero-order chi connectivity index (χ0) is 17.4. The van der Waals surface area contributed by atoms with E-state index in [2.05, 4.69) is 0 Å². The first-order chi connectivity index (χ1) is 11.3. The Morgan fingerprint density at radius 1 is 1.08 bits per heavy atom. The summed E-state index contributed by atoms with van der Waals surface area (Å²) in [7, 11) is 0. The topological polar surface area (TPSA) is 47.6 Å². The minimum atomic E-state index is -5.01. The molecule has 0 saturated carbocycles. The molecule has 9 heteroatoms. The van der Waals surface area contributed by atoms with Gasteiger partial charge in [0.2, 0.25) is 0 Å². The number of fused-ring (bicyclic) bond motifs is 1. The number of halogens is 4. The van der Waals surface area contributed by atoms with Crippen LogP contribution in [-0.2, 0) is 0 Å². The van der Waals surface area contributed by atoms with Crippen molar-refractivity contribution >= 4 is 28.6 Å². The molecule has 0 unspecified atom stereocenters. The number of alkyl halides is 3. The summed E-state index contributed by atoms with van der Waals surface area (Å²) in [4.78, 5) is 12.5. The Labute approximate surface area is 143 Å². The van der Waals surface area contributed by atoms with E-state index in [0.29, 0.717) is 16.7 Å². The maximum Gasteiger partial charge on any atom is 0.492 e. The van der Waals surface area contributed by atoms with E-state index < -0.39 is 17.3 Å². The molecule has 0 aliphatic carbocycles. The van der Waals surface area contributed by atoms with Gasteiger partial charge in [-0.25, -0.2) is 0 Å². The number of benzene rings is 2. The molecule has 0 fully saturated rings. The zero-order valence-corrected chi connectivity index (χ0v) is 13.3. The molecule has 1 aliphatic heterocycles. The lowest BCUT2D eigenvalue weighted by atomic mass is 10.3. The molecule has 1 amide bonds. The van der Waals surface area contributed by atoms with E-state index in [9.17, 15) is 18.0 Å². The Bertz CT molecular complexity index is 772. The Balaban J connectivity index is 1.83. The molecule has 2 aromatic rings. The van der Waals surface area contributed by atoms with Gasteiger partial charge in [0.15, 0.2) is 11.5 Å². The normalized spacial score (nSPS) is 19.2. The van der Waals surface area contributed by atoms with Crippen molar-refractivity contribution in [3.63, 3.8) is 0 Å². The van der Waals surface area contributed by atoms with Crippen molar-refractivity contribution in [1.29, 1.82) is 0 Å². The summed E-state index contributed by atoms with van der Waals surface area (Å²) in [5, 5.41) is 0.965. The first kappa shape index (κ1) is 16.8. The van der Waals surface area contributed by atoms with Crippen LogP contribution in [0.5, 0.6) is 11.5 Å². The number of nitrogens with one attached hydrogen (secondary N) is 1. The van der Waals surface area contributed by atoms with Crippen LogP contribution in [0, 0.1) is 0 Å². The molecule has 1 atom stereocenters. The van der Waals surface area contributed by atoms with Crippen LogP contribution in [-0.4, -0.2) is 17.3 Å². The van der Waals surface area contributed by atoms with E-state index in [1.807, 2.05) is 0 Å². The van der Waals surface area contributed by atoms with Crippen molar-refractivity contribution in [2.45, 2.75) is 17.0 Å². The molecule has 1 N–H and O–H groups in total. The fourth-order valence-electron chi connectivity index (χ4n) is 1.97. The second kappa shape index (κ2) is 6.10. The summed E-state index contributed by atoms with van der Waals surface area (Å²) in [6.45, 7) is 0. The van der Waals surface area contributed by atoms with Gasteiger partial charge in [0.25, 0.3) is 5.24 Å². The number of thioether (sulfide) groups is 1. The van der Waals surface area contributed by atoms with Crippen molar-refractivity contribution in [3.8, 4) is 11.5 Å². The minimum Gasteiger partial charge on any atom is -0.424 e. The number of carbonyl (C=O) groups excluding carboxylic acids is 1. The predicted molar refractivity (Wildman–Crippen MR) is 82.3 cm³/mol. The van der Waals surface area contributed by atoms with Crippen molar-refractivity contribution in [2.24, 2.45) is 0 Å². The fraction of sp³-hybridized carbons (Fsp3) is 0.133. The van der Waals surface area contributed by atoms with Crippen molar-refractivity contribution in [1.82, 2.24) is 5.32 Å². The highest BCUT2D eigenvalue weighted by Gasteiger charge is 2.65. The molecule has 4 nitrogen and oxygen atoms in total. The van der Waals surface area contributed by atoms with E-state index in [1.165, 1.54) is 18.2 Å². The highest BCUT2D eigenvalue weighted by Crippen LogP contribution is 2.46. The molecule has 3 rings (SSSR count). The number of amides is 1. The lowest BCUT2D eigenvalue weighted by Gasteiger charge is -2.29. The average Bonchev–Trinajstić information content (AvgIpc) is 2.86. The lowest BCUT2D eigenvalue weighted by molar-refractivity contribution is -0.316. The number of rotatable bonds is 2. The summed E-state index contributed by atoms with van der Waals surface area (Å²) < 4.78 is 50.2. The Kier molecular flexibility index (Phi) is 4.27. The molecule has 0 bridgehead atoms. The van der Waals surface area contributed by atoms with Crippen molar-refractivity contribution in [3.05, 3.63) is 53.6 Å². The molecule has 24 heavy (non-hydrogen) atoms. The summed E-state index contributed by atoms with van der Waals surface area (Å²) in [5.41, 5.74) is 0. The summed E-state index contributed by atoms with van der Waals surface area (Å²) in [5.74, 6) is -3.66. The molecule has 0 spiro atoms. The molecule has 2 aromatic carbocycles. The third-order valence-corrected chi connectivity index (χ3v) is 4.04. The maximum atomic E-state index is 13.5. The van der Waals surface area contributed by atoms with Crippen LogP contribution in [0.1, 0.15) is 0 Å². The van der Waals surface area contributed by atoms with Crippen LogP contribution in [0.4, 0.5) is 18.0 Å². The molecule has 126 valence electrons. The van der Waals surface area contributed by atoms with Gasteiger partial charge in [0.1, 0.15) is 0 Å². The SMILES string of the molecule is O=C(N[C@]1(C(F)(F)F)Oc2ccc(Cl)cc2O1)Sc1ccccc1. The fourth-order valence-corrected chi connectivity index (χ4v) is 2.82. The van der Waals surface area contributed by atoms with Crippen LogP contribution in [0.2, 0.25) is 5.02 Å². The highest BCUT2D eigenvalue weighted by molar-refractivity contribution is 8.13. The summed E-state index contributed by atoms with van der Waals surface area (Å²) in [6, 6.07) is 12.0. The van der Waals surface area contributed by atoms with Gasteiger partial charge < -0.3 is 9.47 Å². The second-order valence-corrected chi connectivity index (χ2v) is 6.22. The molecule has 0 saturated heterocycles. The van der Waals surface area contributed by atoms with Gasteiger partial charge in [-0.15, -0.1) is 0 Å². The van der Waals surface area contributed by atoms with Crippen molar-refractivity contribution in [2.75, 3.05) is 0 Å². The quantitative estimate of drug-likeness (QED) is 0.764. The monoisotopic (exact) mass is 375 g/mol. The minimum absolute atomic E-state index is 0.165. The van der Waals surface area contributed by atoms with Gasteiger partial charge in [-0.2, -0.15) is 13.2 Å². The predicted octanol–water partition coefficient (Wildman–Crippen LogP) is 4.83. The lowest BCUT2D eigenvalue weighted by Crippen LogP contribution is -2.64. The molecule has 1 aliphatic rings. The second-order valence-electron chi connectivity index (χ2n) is 4.74. The van der Waals surface area contributed by atoms with Crippen LogP contribution >= 0.6 is 23.4 Å². The van der Waals surface area contributed by atoms with Crippen LogP contribution in [0.15, 0.2) is 53.4 Å². The summed E-state index contributed by atoms with van der Waals surface area (Å²) in [6.07, 6.45) is -5.01. The zero-order valence-electron chi connectivity index (χ0n) is 11.8. The Morgan fingerprint density at radius 2 is 1.75 bits per heavy atom. The van der Waals surface area contributed by atoms with Gasteiger partial charge >= 0.3 is 12.1 Å². The third kappa shape index (κ3) is 3.25. The first-order valence-electron chi connectivity index (χ1n) is 6.58. The largest absolute Gasteiger partial charge is 0.492 e. The Hall–Kier alpha value is -2.06. The van der Waals surface area contributed by atoms with E-state index in [0.717, 1.165) is 0 Å².